The van der Waals surface area contributed by atoms with Crippen LogP contribution in [0.5, 0.6) is 0 Å². The van der Waals surface area contributed by atoms with Crippen molar-refractivity contribution in [2.75, 3.05) is 19.7 Å². The van der Waals surface area contributed by atoms with Crippen LogP contribution in [0.3, 0.4) is 0 Å². The fourth-order valence-corrected chi connectivity index (χ4v) is 4.93. The molecule has 0 saturated carbocycles. The van der Waals surface area contributed by atoms with Crippen LogP contribution >= 0.6 is 0 Å². The molecule has 1 rings (SSSR count). The van der Waals surface area contributed by atoms with Gasteiger partial charge in [-0.2, -0.15) is 0 Å². The van der Waals surface area contributed by atoms with Crippen LogP contribution in [-0.4, -0.2) is 32.9 Å². The molecule has 0 aromatic heterocycles. The quantitative estimate of drug-likeness (QED) is 0.653. The van der Waals surface area contributed by atoms with Crippen LogP contribution in [0.4, 0.5) is 0 Å². The molecule has 1 fully saturated rings. The third-order valence-corrected chi connectivity index (χ3v) is 4.38. The summed E-state index contributed by atoms with van der Waals surface area (Å²) in [7, 11) is -1.02. The maximum absolute atomic E-state index is 9.36. The second kappa shape index (κ2) is 3.48. The highest BCUT2D eigenvalue weighted by molar-refractivity contribution is 6.76. The summed E-state index contributed by atoms with van der Waals surface area (Å²) in [5.74, 6) is 0. The van der Waals surface area contributed by atoms with Gasteiger partial charge in [-0.25, -0.2) is 0 Å². The first kappa shape index (κ1) is 10.2. The zero-order chi connectivity index (χ0) is 9.24. The molecular formula is C9H21NOSi. The molecule has 3 heteroatoms. The van der Waals surface area contributed by atoms with E-state index in [1.54, 1.807) is 0 Å². The van der Waals surface area contributed by atoms with Gasteiger partial charge in [0.2, 0.25) is 0 Å². The van der Waals surface area contributed by atoms with E-state index in [0.29, 0.717) is 6.61 Å². The van der Waals surface area contributed by atoms with Crippen molar-refractivity contribution in [3.05, 3.63) is 0 Å². The molecule has 0 aliphatic carbocycles. The van der Waals surface area contributed by atoms with Crippen LogP contribution in [0, 0.1) is 5.41 Å². The van der Waals surface area contributed by atoms with E-state index < -0.39 is 8.07 Å². The molecule has 0 aromatic carbocycles. The normalized spacial score (nSPS) is 31.0. The molecule has 1 saturated heterocycles. The fourth-order valence-electron chi connectivity index (χ4n) is 2.26. The van der Waals surface area contributed by atoms with Crippen LogP contribution in [0.2, 0.25) is 25.7 Å². The third kappa shape index (κ3) is 2.57. The van der Waals surface area contributed by atoms with E-state index in [2.05, 4.69) is 25.0 Å². The van der Waals surface area contributed by atoms with Crippen LogP contribution < -0.4 is 5.32 Å². The van der Waals surface area contributed by atoms with Gasteiger partial charge in [-0.3, -0.25) is 0 Å². The molecular weight excluding hydrogens is 166 g/mol. The molecule has 2 nitrogen and oxygen atoms in total. The lowest BCUT2D eigenvalue weighted by Gasteiger charge is -2.32. The number of aliphatic hydroxyl groups is 1. The van der Waals surface area contributed by atoms with Gasteiger partial charge >= 0.3 is 0 Å². The van der Waals surface area contributed by atoms with Gasteiger partial charge in [0.05, 0.1) is 0 Å². The summed E-state index contributed by atoms with van der Waals surface area (Å²) in [5.41, 5.74) is 0.227. The first-order chi connectivity index (χ1) is 5.47. The summed E-state index contributed by atoms with van der Waals surface area (Å²) in [6.45, 7) is 9.61. The van der Waals surface area contributed by atoms with Crippen molar-refractivity contribution < 1.29 is 5.11 Å². The summed E-state index contributed by atoms with van der Waals surface area (Å²) in [6, 6.07) is 1.25. The number of hydrogen-bond acceptors (Lipinski definition) is 2. The molecule has 1 heterocycles. The summed E-state index contributed by atoms with van der Waals surface area (Å²) in [4.78, 5) is 0. The highest BCUT2D eigenvalue weighted by Crippen LogP contribution is 2.34. The van der Waals surface area contributed by atoms with E-state index in [9.17, 15) is 5.11 Å². The second-order valence-corrected chi connectivity index (χ2v) is 10.8. The fraction of sp³-hybridized carbons (Fsp3) is 1.00. The SMILES string of the molecule is C[Si](C)(C)CC1(CO)CCNC1. The number of rotatable bonds is 3. The monoisotopic (exact) mass is 187 g/mol. The van der Waals surface area contributed by atoms with Gasteiger partial charge in [-0.15, -0.1) is 0 Å². The van der Waals surface area contributed by atoms with Crippen molar-refractivity contribution >= 4 is 8.07 Å². The van der Waals surface area contributed by atoms with E-state index in [1.807, 2.05) is 0 Å². The molecule has 1 unspecified atom stereocenters. The predicted molar refractivity (Wildman–Crippen MR) is 55.2 cm³/mol. The minimum absolute atomic E-state index is 0.227. The third-order valence-electron chi connectivity index (χ3n) is 2.57. The van der Waals surface area contributed by atoms with Gasteiger partial charge in [0.1, 0.15) is 0 Å². The summed E-state index contributed by atoms with van der Waals surface area (Å²) in [5, 5.41) is 12.7. The Kier molecular flexibility index (Phi) is 2.96. The van der Waals surface area contributed by atoms with Gasteiger partial charge in [-0.05, 0) is 19.0 Å². The van der Waals surface area contributed by atoms with Gasteiger partial charge in [0.15, 0.2) is 0 Å². The number of hydrogen-bond donors (Lipinski definition) is 2. The highest BCUT2D eigenvalue weighted by Gasteiger charge is 2.37. The molecule has 1 aliphatic heterocycles. The number of nitrogens with one attached hydrogen (secondary N) is 1. The van der Waals surface area contributed by atoms with E-state index >= 15 is 0 Å². The first-order valence-corrected chi connectivity index (χ1v) is 8.50. The standard InChI is InChI=1S/C9H21NOSi/c1-12(2,3)8-9(7-11)4-5-10-6-9/h10-11H,4-8H2,1-3H3. The average Bonchev–Trinajstić information content (AvgIpc) is 2.34. The Morgan fingerprint density at radius 2 is 2.08 bits per heavy atom. The lowest BCUT2D eigenvalue weighted by atomic mass is 9.91. The minimum Gasteiger partial charge on any atom is -0.396 e. The highest BCUT2D eigenvalue weighted by atomic mass is 28.3. The van der Waals surface area contributed by atoms with E-state index in [4.69, 9.17) is 0 Å². The zero-order valence-corrected chi connectivity index (χ0v) is 9.48. The summed E-state index contributed by atoms with van der Waals surface area (Å²) in [6.07, 6.45) is 1.16. The Morgan fingerprint density at radius 1 is 1.42 bits per heavy atom. The zero-order valence-electron chi connectivity index (χ0n) is 8.48. The van der Waals surface area contributed by atoms with Crippen molar-refractivity contribution in [2.24, 2.45) is 5.41 Å². The molecule has 72 valence electrons. The van der Waals surface area contributed by atoms with Crippen molar-refractivity contribution in [3.63, 3.8) is 0 Å². The maximum Gasteiger partial charge on any atom is 0.0497 e. The first-order valence-electron chi connectivity index (χ1n) is 4.79. The topological polar surface area (TPSA) is 32.3 Å². The van der Waals surface area contributed by atoms with Crippen LogP contribution in [0.15, 0.2) is 0 Å². The van der Waals surface area contributed by atoms with Crippen LogP contribution in [0.25, 0.3) is 0 Å². The number of aliphatic hydroxyl groups excluding tert-OH is 1. The Labute approximate surface area is 76.4 Å². The van der Waals surface area contributed by atoms with Crippen molar-refractivity contribution in [3.8, 4) is 0 Å². The molecule has 1 atom stereocenters. The lowest BCUT2D eigenvalue weighted by Crippen LogP contribution is -2.36. The van der Waals surface area contributed by atoms with Crippen molar-refractivity contribution in [1.82, 2.24) is 5.32 Å². The van der Waals surface area contributed by atoms with Crippen molar-refractivity contribution in [2.45, 2.75) is 32.1 Å². The van der Waals surface area contributed by atoms with E-state index in [1.165, 1.54) is 6.04 Å². The van der Waals surface area contributed by atoms with Crippen LogP contribution in [0.1, 0.15) is 6.42 Å². The van der Waals surface area contributed by atoms with Crippen molar-refractivity contribution in [1.29, 1.82) is 0 Å². The van der Waals surface area contributed by atoms with E-state index in [0.717, 1.165) is 19.5 Å². The molecule has 12 heavy (non-hydrogen) atoms. The molecule has 0 radical (unpaired) electrons. The minimum atomic E-state index is -1.02. The van der Waals surface area contributed by atoms with Crippen LogP contribution in [-0.2, 0) is 0 Å². The summed E-state index contributed by atoms with van der Waals surface area (Å²) < 4.78 is 0. The lowest BCUT2D eigenvalue weighted by molar-refractivity contribution is 0.159. The predicted octanol–water partition coefficient (Wildman–Crippen LogP) is 1.30. The van der Waals surface area contributed by atoms with E-state index in [-0.39, 0.29) is 5.41 Å². The maximum atomic E-state index is 9.36. The van der Waals surface area contributed by atoms with Gasteiger partial charge < -0.3 is 10.4 Å². The molecule has 0 bridgehead atoms. The Morgan fingerprint density at radius 3 is 2.42 bits per heavy atom. The molecule has 0 amide bonds. The second-order valence-electron chi connectivity index (χ2n) is 5.32. The van der Waals surface area contributed by atoms with Gasteiger partial charge in [0.25, 0.3) is 0 Å². The Balaban J connectivity index is 2.55. The Bertz CT molecular complexity index is 147. The molecule has 0 spiro atoms. The van der Waals surface area contributed by atoms with Gasteiger partial charge in [-0.1, -0.05) is 19.6 Å². The average molecular weight is 187 g/mol. The Hall–Kier alpha value is 0.137. The largest absolute Gasteiger partial charge is 0.396 e. The smallest absolute Gasteiger partial charge is 0.0497 e. The molecule has 0 aromatic rings. The molecule has 1 aliphatic rings. The van der Waals surface area contributed by atoms with Gasteiger partial charge in [0, 0.05) is 26.6 Å². The molecule has 2 N–H and O–H groups in total. The summed E-state index contributed by atoms with van der Waals surface area (Å²) >= 11 is 0.